The Balaban J connectivity index is 1.50. The number of carbonyl (C=O) groups is 2. The van der Waals surface area contributed by atoms with Crippen molar-refractivity contribution < 1.29 is 19.1 Å². The quantitative estimate of drug-likeness (QED) is 0.790. The molecule has 2 saturated carbocycles. The van der Waals surface area contributed by atoms with Crippen LogP contribution in [-0.2, 0) is 9.47 Å². The van der Waals surface area contributed by atoms with Crippen molar-refractivity contribution in [2.75, 3.05) is 33.4 Å². The number of rotatable bonds is 3. The number of fused-ring (bicyclic) bond motifs is 1. The lowest BCUT2D eigenvalue weighted by Gasteiger charge is -2.53. The van der Waals surface area contributed by atoms with E-state index in [1.165, 1.54) is 20.0 Å². The van der Waals surface area contributed by atoms with Crippen molar-refractivity contribution >= 4 is 12.2 Å². The Kier molecular flexibility index (Phi) is 5.69. The maximum absolute atomic E-state index is 12.7. The van der Waals surface area contributed by atoms with E-state index in [0.717, 1.165) is 38.4 Å². The highest BCUT2D eigenvalue weighted by Crippen LogP contribution is 2.41. The molecule has 28 heavy (non-hydrogen) atoms. The maximum Gasteiger partial charge on any atom is 0.410 e. The molecule has 8 nitrogen and oxygen atoms in total. The SMILES string of the molecule is CCOC(=O)N1C[C@H](C)N(C(=O)OC)C2CCC(C3CNN(C4CC4)C3)CC21. The molecule has 1 N–H and O–H groups in total. The first-order valence-corrected chi connectivity index (χ1v) is 10.8. The third-order valence-electron chi connectivity index (χ3n) is 7.04. The van der Waals surface area contributed by atoms with E-state index in [2.05, 4.69) is 10.4 Å². The third-order valence-corrected chi connectivity index (χ3v) is 7.04. The number of carbonyl (C=O) groups excluding carboxylic acids is 2. The second-order valence-corrected chi connectivity index (χ2v) is 8.79. The van der Waals surface area contributed by atoms with Gasteiger partial charge in [0, 0.05) is 25.7 Å². The van der Waals surface area contributed by atoms with Gasteiger partial charge in [0.05, 0.1) is 31.8 Å². The van der Waals surface area contributed by atoms with Gasteiger partial charge in [-0.1, -0.05) is 0 Å². The summed E-state index contributed by atoms with van der Waals surface area (Å²) in [6.45, 7) is 6.81. The number of nitrogens with zero attached hydrogens (tertiary/aromatic N) is 3. The Morgan fingerprint density at radius 1 is 1.04 bits per heavy atom. The summed E-state index contributed by atoms with van der Waals surface area (Å²) in [6.07, 6.45) is 4.99. The monoisotopic (exact) mass is 394 g/mol. The van der Waals surface area contributed by atoms with Crippen molar-refractivity contribution in [1.82, 2.24) is 20.2 Å². The van der Waals surface area contributed by atoms with Crippen LogP contribution in [0.25, 0.3) is 0 Å². The fraction of sp³-hybridized carbons (Fsp3) is 0.900. The minimum atomic E-state index is -0.285. The van der Waals surface area contributed by atoms with Crippen molar-refractivity contribution in [3.8, 4) is 0 Å². The van der Waals surface area contributed by atoms with E-state index in [1.54, 1.807) is 0 Å². The van der Waals surface area contributed by atoms with Crippen molar-refractivity contribution in [3.05, 3.63) is 0 Å². The average molecular weight is 395 g/mol. The molecule has 0 radical (unpaired) electrons. The van der Waals surface area contributed by atoms with E-state index in [1.807, 2.05) is 23.6 Å². The van der Waals surface area contributed by atoms with Gasteiger partial charge in [0.1, 0.15) is 0 Å². The van der Waals surface area contributed by atoms with Crippen LogP contribution >= 0.6 is 0 Å². The van der Waals surface area contributed by atoms with Gasteiger partial charge in [0.25, 0.3) is 0 Å². The molecule has 4 rings (SSSR count). The summed E-state index contributed by atoms with van der Waals surface area (Å²) in [5.74, 6) is 1.17. The highest BCUT2D eigenvalue weighted by atomic mass is 16.6. The summed E-state index contributed by atoms with van der Waals surface area (Å²) < 4.78 is 10.4. The molecule has 2 saturated heterocycles. The average Bonchev–Trinajstić information content (AvgIpc) is 3.43. The zero-order valence-electron chi connectivity index (χ0n) is 17.3. The maximum atomic E-state index is 12.7. The van der Waals surface area contributed by atoms with E-state index < -0.39 is 0 Å². The molecule has 4 fully saturated rings. The van der Waals surface area contributed by atoms with Gasteiger partial charge in [-0.3, -0.25) is 10.3 Å². The van der Waals surface area contributed by atoms with Gasteiger partial charge in [-0.25, -0.2) is 14.6 Å². The van der Waals surface area contributed by atoms with Gasteiger partial charge >= 0.3 is 12.2 Å². The molecule has 5 atom stereocenters. The number of ether oxygens (including phenoxy) is 2. The summed E-state index contributed by atoms with van der Waals surface area (Å²) in [6, 6.07) is 0.657. The van der Waals surface area contributed by atoms with Gasteiger partial charge < -0.3 is 14.4 Å². The summed E-state index contributed by atoms with van der Waals surface area (Å²) in [7, 11) is 1.43. The highest BCUT2D eigenvalue weighted by Gasteiger charge is 2.49. The van der Waals surface area contributed by atoms with Crippen LogP contribution in [0, 0.1) is 11.8 Å². The Morgan fingerprint density at radius 3 is 2.50 bits per heavy atom. The summed E-state index contributed by atoms with van der Waals surface area (Å²) >= 11 is 0. The molecule has 2 amide bonds. The van der Waals surface area contributed by atoms with E-state index in [-0.39, 0.29) is 30.3 Å². The first kappa shape index (κ1) is 19.8. The Hall–Kier alpha value is -1.54. The second-order valence-electron chi connectivity index (χ2n) is 8.79. The predicted octanol–water partition coefficient (Wildman–Crippen LogP) is 2.05. The van der Waals surface area contributed by atoms with E-state index in [0.29, 0.717) is 25.0 Å². The largest absolute Gasteiger partial charge is 0.453 e. The number of piperazine rings is 1. The predicted molar refractivity (Wildman–Crippen MR) is 104 cm³/mol. The minimum Gasteiger partial charge on any atom is -0.453 e. The molecule has 158 valence electrons. The molecule has 4 aliphatic rings. The van der Waals surface area contributed by atoms with Crippen molar-refractivity contribution in [3.63, 3.8) is 0 Å². The first-order valence-electron chi connectivity index (χ1n) is 10.8. The molecular weight excluding hydrogens is 360 g/mol. The minimum absolute atomic E-state index is 0.00285. The number of hydrazine groups is 1. The Bertz CT molecular complexity index is 599. The lowest BCUT2D eigenvalue weighted by molar-refractivity contribution is -0.0398. The third kappa shape index (κ3) is 3.68. The molecule has 0 aromatic heterocycles. The van der Waals surface area contributed by atoms with Gasteiger partial charge in [-0.05, 0) is 57.8 Å². The van der Waals surface area contributed by atoms with E-state index in [9.17, 15) is 9.59 Å². The number of hydrogen-bond donors (Lipinski definition) is 1. The van der Waals surface area contributed by atoms with Crippen LogP contribution < -0.4 is 5.43 Å². The fourth-order valence-electron chi connectivity index (χ4n) is 5.52. The Morgan fingerprint density at radius 2 is 1.82 bits per heavy atom. The van der Waals surface area contributed by atoms with Crippen molar-refractivity contribution in [2.45, 2.75) is 70.1 Å². The van der Waals surface area contributed by atoms with Gasteiger partial charge in [-0.2, -0.15) is 0 Å². The molecule has 0 aromatic rings. The normalized spacial score (nSPS) is 36.2. The molecular formula is C20H34N4O4. The number of methoxy groups -OCH3 is 1. The van der Waals surface area contributed by atoms with Gasteiger partial charge in [0.15, 0.2) is 0 Å². The van der Waals surface area contributed by atoms with Gasteiger partial charge in [-0.15, -0.1) is 0 Å². The second kappa shape index (κ2) is 8.06. The highest BCUT2D eigenvalue weighted by molar-refractivity contribution is 5.71. The molecule has 2 aliphatic carbocycles. The van der Waals surface area contributed by atoms with Crippen LogP contribution in [0.3, 0.4) is 0 Å². The molecule has 0 bridgehead atoms. The molecule has 2 heterocycles. The van der Waals surface area contributed by atoms with E-state index in [4.69, 9.17) is 9.47 Å². The van der Waals surface area contributed by atoms with Crippen molar-refractivity contribution in [2.24, 2.45) is 11.8 Å². The summed E-state index contributed by atoms with van der Waals surface area (Å²) in [5.41, 5.74) is 3.58. The molecule has 2 aliphatic heterocycles. The standard InChI is InChI=1S/C20H34N4O4/c1-4-28-19(25)22-11-13(2)24(20(26)27-3)17-8-5-14(9-18(17)22)15-10-21-23(12-15)16-6-7-16/h13-18,21H,4-12H2,1-3H3/t13-,14?,15?,17?,18?/m0/s1. The summed E-state index contributed by atoms with van der Waals surface area (Å²) in [5, 5.41) is 2.42. The Labute approximate surface area is 167 Å². The number of hydrogen-bond acceptors (Lipinski definition) is 6. The molecule has 8 heteroatoms. The van der Waals surface area contributed by atoms with Crippen LogP contribution in [0.2, 0.25) is 0 Å². The zero-order chi connectivity index (χ0) is 19.8. The lowest BCUT2D eigenvalue weighted by atomic mass is 9.73. The van der Waals surface area contributed by atoms with Crippen LogP contribution in [-0.4, -0.2) is 84.5 Å². The smallest absolute Gasteiger partial charge is 0.410 e. The molecule has 4 unspecified atom stereocenters. The van der Waals surface area contributed by atoms with Crippen LogP contribution in [0.15, 0.2) is 0 Å². The van der Waals surface area contributed by atoms with Crippen LogP contribution in [0.1, 0.15) is 46.0 Å². The zero-order valence-corrected chi connectivity index (χ0v) is 17.3. The van der Waals surface area contributed by atoms with E-state index >= 15 is 0 Å². The van der Waals surface area contributed by atoms with Crippen LogP contribution in [0.5, 0.6) is 0 Å². The number of amides is 2. The fourth-order valence-corrected chi connectivity index (χ4v) is 5.52. The van der Waals surface area contributed by atoms with Crippen molar-refractivity contribution in [1.29, 1.82) is 0 Å². The molecule has 0 aromatic carbocycles. The van der Waals surface area contributed by atoms with Crippen LogP contribution in [0.4, 0.5) is 9.59 Å². The number of nitrogens with one attached hydrogen (secondary N) is 1. The topological polar surface area (TPSA) is 74.3 Å². The lowest BCUT2D eigenvalue weighted by Crippen LogP contribution is -2.67. The van der Waals surface area contributed by atoms with Gasteiger partial charge in [0.2, 0.25) is 0 Å². The first-order chi connectivity index (χ1) is 13.5. The molecule has 0 spiro atoms. The summed E-state index contributed by atoms with van der Waals surface area (Å²) in [4.78, 5) is 28.9.